The van der Waals surface area contributed by atoms with Crippen molar-refractivity contribution in [2.45, 2.75) is 0 Å². The zero-order valence-corrected chi connectivity index (χ0v) is 8.47. The summed E-state index contributed by atoms with van der Waals surface area (Å²) in [4.78, 5) is 24.9. The van der Waals surface area contributed by atoms with Crippen LogP contribution in [-0.2, 0) is 9.59 Å². The van der Waals surface area contributed by atoms with Gasteiger partial charge in [-0.15, -0.1) is 0 Å². The Morgan fingerprint density at radius 2 is 2.19 bits per heavy atom. The third-order valence-corrected chi connectivity index (χ3v) is 1.62. The number of nitrogens with one attached hydrogen (secondary N) is 1. The van der Waals surface area contributed by atoms with Gasteiger partial charge in [0.15, 0.2) is 0 Å². The number of pyridine rings is 1. The van der Waals surface area contributed by atoms with E-state index < -0.39 is 11.8 Å². The number of rotatable bonds is 4. The number of carbonyl (C=O) groups is 2. The van der Waals surface area contributed by atoms with Crippen LogP contribution in [0.2, 0.25) is 0 Å². The van der Waals surface area contributed by atoms with Crippen molar-refractivity contribution in [2.24, 2.45) is 5.73 Å². The fourth-order valence-electron chi connectivity index (χ4n) is 0.884. The number of amides is 2. The minimum atomic E-state index is -1.02. The lowest BCUT2D eigenvalue weighted by Crippen LogP contribution is -2.38. The van der Waals surface area contributed by atoms with Crippen LogP contribution < -0.4 is 21.5 Å². The minimum Gasteiger partial charge on any atom is -0.476 e. The van der Waals surface area contributed by atoms with Crippen LogP contribution in [-0.4, -0.2) is 29.9 Å². The molecule has 1 aromatic rings. The first-order valence-corrected chi connectivity index (χ1v) is 4.51. The van der Waals surface area contributed by atoms with Gasteiger partial charge in [0.05, 0.1) is 18.4 Å². The lowest BCUT2D eigenvalue weighted by molar-refractivity contribution is -0.137. The Labute approximate surface area is 91.8 Å². The molecule has 16 heavy (non-hydrogen) atoms. The summed E-state index contributed by atoms with van der Waals surface area (Å²) in [5.74, 6) is -1.47. The van der Waals surface area contributed by atoms with Crippen molar-refractivity contribution in [1.29, 1.82) is 0 Å². The maximum atomic E-state index is 10.7. The maximum Gasteiger partial charge on any atom is 0.309 e. The molecule has 0 aromatic carbocycles. The van der Waals surface area contributed by atoms with Crippen LogP contribution in [0, 0.1) is 0 Å². The summed E-state index contributed by atoms with van der Waals surface area (Å²) in [7, 11) is 0. The number of nitrogens with two attached hydrogens (primary N) is 2. The Bertz CT molecular complexity index is 377. The zero-order valence-electron chi connectivity index (χ0n) is 8.47. The molecule has 0 aliphatic rings. The van der Waals surface area contributed by atoms with Crippen LogP contribution in [0.25, 0.3) is 0 Å². The second-order valence-corrected chi connectivity index (χ2v) is 2.90. The summed E-state index contributed by atoms with van der Waals surface area (Å²) < 4.78 is 5.16. The molecule has 2 amide bonds. The van der Waals surface area contributed by atoms with Crippen LogP contribution in [0.4, 0.5) is 5.69 Å². The summed E-state index contributed by atoms with van der Waals surface area (Å²) in [6, 6.07) is 3.25. The van der Waals surface area contributed by atoms with Crippen molar-refractivity contribution < 1.29 is 14.3 Å². The minimum absolute atomic E-state index is 0.174. The number of aromatic nitrogens is 1. The molecule has 1 heterocycles. The highest BCUT2D eigenvalue weighted by Crippen LogP contribution is 2.07. The quantitative estimate of drug-likeness (QED) is 0.431. The van der Waals surface area contributed by atoms with Crippen LogP contribution in [0.5, 0.6) is 5.88 Å². The van der Waals surface area contributed by atoms with Crippen molar-refractivity contribution in [1.82, 2.24) is 10.3 Å². The Kier molecular flexibility index (Phi) is 4.07. The highest BCUT2D eigenvalue weighted by molar-refractivity contribution is 6.34. The number of primary amides is 1. The first kappa shape index (κ1) is 11.8. The number of hydrogen-bond donors (Lipinski definition) is 3. The number of nitrogen functional groups attached to an aromatic ring is 1. The van der Waals surface area contributed by atoms with Gasteiger partial charge in [0.1, 0.15) is 6.61 Å². The van der Waals surface area contributed by atoms with E-state index in [0.717, 1.165) is 0 Å². The van der Waals surface area contributed by atoms with Crippen LogP contribution in [0.3, 0.4) is 0 Å². The first-order chi connectivity index (χ1) is 7.59. The van der Waals surface area contributed by atoms with Crippen molar-refractivity contribution in [3.63, 3.8) is 0 Å². The molecule has 0 saturated heterocycles. The normalized spacial score (nSPS) is 9.50. The molecule has 5 N–H and O–H groups in total. The largest absolute Gasteiger partial charge is 0.476 e. The average Bonchev–Trinajstić information content (AvgIpc) is 2.26. The fraction of sp³-hybridized carbons (Fsp3) is 0.222. The van der Waals surface area contributed by atoms with Crippen molar-refractivity contribution in [3.05, 3.63) is 18.3 Å². The highest BCUT2D eigenvalue weighted by atomic mass is 16.5. The van der Waals surface area contributed by atoms with E-state index in [-0.39, 0.29) is 13.2 Å². The topological polar surface area (TPSA) is 120 Å². The van der Waals surface area contributed by atoms with Gasteiger partial charge in [0.25, 0.3) is 0 Å². The molecule has 86 valence electrons. The Morgan fingerprint density at radius 1 is 1.44 bits per heavy atom. The molecule has 1 aromatic heterocycles. The summed E-state index contributed by atoms with van der Waals surface area (Å²) in [5.41, 5.74) is 10.7. The van der Waals surface area contributed by atoms with Crippen LogP contribution in [0.15, 0.2) is 18.3 Å². The molecule has 0 unspecified atom stereocenters. The van der Waals surface area contributed by atoms with Crippen LogP contribution in [0.1, 0.15) is 0 Å². The number of carbonyl (C=O) groups excluding carboxylic acids is 2. The number of anilines is 1. The second-order valence-electron chi connectivity index (χ2n) is 2.90. The molecule has 1 rings (SSSR count). The van der Waals surface area contributed by atoms with E-state index in [1.165, 1.54) is 6.20 Å². The van der Waals surface area contributed by atoms with E-state index in [9.17, 15) is 9.59 Å². The monoisotopic (exact) mass is 224 g/mol. The van der Waals surface area contributed by atoms with E-state index in [1.54, 1.807) is 12.1 Å². The van der Waals surface area contributed by atoms with E-state index in [2.05, 4.69) is 10.3 Å². The lowest BCUT2D eigenvalue weighted by atomic mass is 10.4. The van der Waals surface area contributed by atoms with E-state index >= 15 is 0 Å². The van der Waals surface area contributed by atoms with Crippen LogP contribution >= 0.6 is 0 Å². The third kappa shape index (κ3) is 3.82. The third-order valence-electron chi connectivity index (χ3n) is 1.62. The first-order valence-electron chi connectivity index (χ1n) is 4.51. The highest BCUT2D eigenvalue weighted by Gasteiger charge is 2.06. The number of hydrogen-bond acceptors (Lipinski definition) is 5. The van der Waals surface area contributed by atoms with Gasteiger partial charge in [-0.1, -0.05) is 0 Å². The van der Waals surface area contributed by atoms with Gasteiger partial charge < -0.3 is 21.5 Å². The molecular weight excluding hydrogens is 212 g/mol. The fourth-order valence-corrected chi connectivity index (χ4v) is 0.884. The molecule has 0 aliphatic carbocycles. The molecule has 0 saturated carbocycles. The summed E-state index contributed by atoms with van der Waals surface area (Å²) in [6.07, 6.45) is 1.46. The van der Waals surface area contributed by atoms with Gasteiger partial charge in [-0.25, -0.2) is 4.98 Å². The van der Waals surface area contributed by atoms with Gasteiger partial charge in [-0.2, -0.15) is 0 Å². The maximum absolute atomic E-state index is 10.7. The predicted molar refractivity (Wildman–Crippen MR) is 56.3 cm³/mol. The second kappa shape index (κ2) is 5.54. The van der Waals surface area contributed by atoms with Gasteiger partial charge in [-0.3, -0.25) is 9.59 Å². The summed E-state index contributed by atoms with van der Waals surface area (Å²) in [6.45, 7) is 0.365. The Balaban J connectivity index is 2.23. The van der Waals surface area contributed by atoms with E-state index in [0.29, 0.717) is 11.6 Å². The van der Waals surface area contributed by atoms with Gasteiger partial charge >= 0.3 is 11.8 Å². The molecule has 0 bridgehead atoms. The molecule has 7 heteroatoms. The summed E-state index contributed by atoms with van der Waals surface area (Å²) >= 11 is 0. The van der Waals surface area contributed by atoms with Crippen molar-refractivity contribution >= 4 is 17.5 Å². The lowest BCUT2D eigenvalue weighted by Gasteiger charge is -2.05. The van der Waals surface area contributed by atoms with Gasteiger partial charge in [0, 0.05) is 6.07 Å². The standard InChI is InChI=1S/C9H12N4O3/c10-6-1-2-7(13-5-6)16-4-3-12-9(15)8(11)14/h1-2,5H,3-4,10H2,(H2,11,14)(H,12,15). The summed E-state index contributed by atoms with van der Waals surface area (Å²) in [5, 5.41) is 2.27. The zero-order chi connectivity index (χ0) is 12.0. The van der Waals surface area contributed by atoms with Crippen molar-refractivity contribution in [2.75, 3.05) is 18.9 Å². The Hall–Kier alpha value is -2.31. The Morgan fingerprint density at radius 3 is 2.75 bits per heavy atom. The van der Waals surface area contributed by atoms with Gasteiger partial charge in [0.2, 0.25) is 5.88 Å². The molecule has 0 radical (unpaired) electrons. The average molecular weight is 224 g/mol. The SMILES string of the molecule is NC(=O)C(=O)NCCOc1ccc(N)cn1. The van der Waals surface area contributed by atoms with E-state index in [4.69, 9.17) is 16.2 Å². The number of nitrogens with zero attached hydrogens (tertiary/aromatic N) is 1. The molecule has 0 spiro atoms. The van der Waals surface area contributed by atoms with Crippen molar-refractivity contribution in [3.8, 4) is 5.88 Å². The molecule has 0 fully saturated rings. The molecule has 7 nitrogen and oxygen atoms in total. The molecule has 0 aliphatic heterocycles. The smallest absolute Gasteiger partial charge is 0.309 e. The molecular formula is C9H12N4O3. The van der Waals surface area contributed by atoms with E-state index in [1.807, 2.05) is 0 Å². The molecule has 0 atom stereocenters. The number of ether oxygens (including phenoxy) is 1. The predicted octanol–water partition coefficient (Wildman–Crippen LogP) is -1.36. The van der Waals surface area contributed by atoms with Gasteiger partial charge in [-0.05, 0) is 6.07 Å².